The van der Waals surface area contributed by atoms with E-state index in [9.17, 15) is 9.18 Å². The number of aromatic nitrogens is 2. The summed E-state index contributed by atoms with van der Waals surface area (Å²) < 4.78 is 18.7. The maximum Gasteiger partial charge on any atom is 0.222 e. The van der Waals surface area contributed by atoms with Crippen LogP contribution in [0.5, 0.6) is 11.6 Å². The van der Waals surface area contributed by atoms with Gasteiger partial charge in [-0.05, 0) is 44.0 Å². The fourth-order valence-electron chi connectivity index (χ4n) is 2.89. The first-order chi connectivity index (χ1) is 11.5. The van der Waals surface area contributed by atoms with Crippen molar-refractivity contribution in [1.82, 2.24) is 14.9 Å². The minimum Gasteiger partial charge on any atom is -0.439 e. The summed E-state index contributed by atoms with van der Waals surface area (Å²) in [6.45, 7) is 4.89. The molecule has 1 saturated heterocycles. The van der Waals surface area contributed by atoms with E-state index >= 15 is 0 Å². The maximum atomic E-state index is 13.0. The third-order valence-electron chi connectivity index (χ3n) is 4.12. The zero-order valence-corrected chi connectivity index (χ0v) is 13.8. The van der Waals surface area contributed by atoms with Crippen molar-refractivity contribution >= 4 is 5.91 Å². The zero-order chi connectivity index (χ0) is 17.1. The second kappa shape index (κ2) is 6.95. The maximum absolute atomic E-state index is 13.0. The Kier molecular flexibility index (Phi) is 4.74. The highest BCUT2D eigenvalue weighted by molar-refractivity contribution is 5.73. The van der Waals surface area contributed by atoms with E-state index in [4.69, 9.17) is 4.74 Å². The van der Waals surface area contributed by atoms with Gasteiger partial charge in [-0.15, -0.1) is 0 Å². The SMILES string of the molecule is CC(=O)N1CCCC(c2nc(C)cc(Oc3ccc(F)cc3)n2)C1. The van der Waals surface area contributed by atoms with E-state index in [0.717, 1.165) is 25.1 Å². The van der Waals surface area contributed by atoms with Crippen LogP contribution in [0.1, 0.15) is 37.2 Å². The molecule has 0 bridgehead atoms. The van der Waals surface area contributed by atoms with Gasteiger partial charge < -0.3 is 9.64 Å². The summed E-state index contributed by atoms with van der Waals surface area (Å²) in [5.41, 5.74) is 0.803. The monoisotopic (exact) mass is 329 g/mol. The number of hydrogen-bond acceptors (Lipinski definition) is 4. The van der Waals surface area contributed by atoms with Gasteiger partial charge in [0, 0.05) is 37.7 Å². The van der Waals surface area contributed by atoms with Crippen LogP contribution in [0.2, 0.25) is 0 Å². The molecule has 0 radical (unpaired) electrons. The summed E-state index contributed by atoms with van der Waals surface area (Å²) in [7, 11) is 0. The van der Waals surface area contributed by atoms with E-state index in [0.29, 0.717) is 24.0 Å². The van der Waals surface area contributed by atoms with Crippen molar-refractivity contribution in [2.24, 2.45) is 0 Å². The number of carbonyl (C=O) groups is 1. The minimum absolute atomic E-state index is 0.0788. The standard InChI is InChI=1S/C18H20FN3O2/c1-12-10-17(24-16-7-5-15(19)6-8-16)21-18(20-12)14-4-3-9-22(11-14)13(2)23/h5-8,10,14H,3-4,9,11H2,1-2H3. The van der Waals surface area contributed by atoms with E-state index in [-0.39, 0.29) is 17.6 Å². The number of hydrogen-bond donors (Lipinski definition) is 0. The summed E-state index contributed by atoms with van der Waals surface area (Å²) in [6, 6.07) is 7.56. The van der Waals surface area contributed by atoms with Crippen LogP contribution < -0.4 is 4.74 Å². The Morgan fingerprint density at radius 3 is 2.75 bits per heavy atom. The summed E-state index contributed by atoms with van der Waals surface area (Å²) in [4.78, 5) is 22.5. The van der Waals surface area contributed by atoms with Crippen LogP contribution in [0.4, 0.5) is 4.39 Å². The molecule has 1 unspecified atom stereocenters. The Labute approximate surface area is 140 Å². The van der Waals surface area contributed by atoms with Gasteiger partial charge in [0.05, 0.1) is 0 Å². The van der Waals surface area contributed by atoms with Gasteiger partial charge in [-0.1, -0.05) is 0 Å². The summed E-state index contributed by atoms with van der Waals surface area (Å²) in [5, 5.41) is 0. The van der Waals surface area contributed by atoms with Gasteiger partial charge >= 0.3 is 0 Å². The minimum atomic E-state index is -0.312. The third-order valence-corrected chi connectivity index (χ3v) is 4.12. The Morgan fingerprint density at radius 2 is 2.04 bits per heavy atom. The van der Waals surface area contributed by atoms with Crippen LogP contribution in [0.15, 0.2) is 30.3 Å². The molecular weight excluding hydrogens is 309 g/mol. The van der Waals surface area contributed by atoms with Gasteiger partial charge in [0.25, 0.3) is 0 Å². The molecule has 2 aromatic rings. The number of likely N-dealkylation sites (tertiary alicyclic amines) is 1. The largest absolute Gasteiger partial charge is 0.439 e. The first-order valence-corrected chi connectivity index (χ1v) is 8.06. The zero-order valence-electron chi connectivity index (χ0n) is 13.8. The molecule has 1 amide bonds. The lowest BCUT2D eigenvalue weighted by molar-refractivity contribution is -0.130. The molecule has 126 valence electrons. The molecule has 2 heterocycles. The fourth-order valence-corrected chi connectivity index (χ4v) is 2.89. The second-order valence-corrected chi connectivity index (χ2v) is 6.07. The Morgan fingerprint density at radius 1 is 1.29 bits per heavy atom. The van der Waals surface area contributed by atoms with E-state index in [2.05, 4.69) is 9.97 Å². The molecule has 0 aliphatic carbocycles. The molecule has 1 fully saturated rings. The molecule has 0 spiro atoms. The van der Waals surface area contributed by atoms with Crippen molar-refractivity contribution in [2.45, 2.75) is 32.6 Å². The molecule has 1 aliphatic rings. The summed E-state index contributed by atoms with van der Waals surface area (Å²) >= 11 is 0. The summed E-state index contributed by atoms with van der Waals surface area (Å²) in [6.07, 6.45) is 1.89. The van der Waals surface area contributed by atoms with Gasteiger partial charge in [0.2, 0.25) is 11.8 Å². The lowest BCUT2D eigenvalue weighted by Gasteiger charge is -2.31. The smallest absolute Gasteiger partial charge is 0.222 e. The van der Waals surface area contributed by atoms with Crippen LogP contribution in [-0.4, -0.2) is 33.9 Å². The van der Waals surface area contributed by atoms with Crippen molar-refractivity contribution in [3.05, 3.63) is 47.7 Å². The highest BCUT2D eigenvalue weighted by Crippen LogP contribution is 2.27. The predicted molar refractivity (Wildman–Crippen MR) is 87.5 cm³/mol. The third kappa shape index (κ3) is 3.88. The topological polar surface area (TPSA) is 55.3 Å². The van der Waals surface area contributed by atoms with Crippen molar-refractivity contribution in [1.29, 1.82) is 0 Å². The lowest BCUT2D eigenvalue weighted by atomic mass is 9.97. The van der Waals surface area contributed by atoms with Gasteiger partial charge in [-0.3, -0.25) is 4.79 Å². The van der Waals surface area contributed by atoms with Crippen molar-refractivity contribution in [2.75, 3.05) is 13.1 Å². The quantitative estimate of drug-likeness (QED) is 0.865. The highest BCUT2D eigenvalue weighted by atomic mass is 19.1. The number of nitrogens with zero attached hydrogens (tertiary/aromatic N) is 3. The molecule has 1 atom stereocenters. The first-order valence-electron chi connectivity index (χ1n) is 8.06. The van der Waals surface area contributed by atoms with E-state index in [1.807, 2.05) is 11.8 Å². The number of ether oxygens (including phenoxy) is 1. The molecule has 0 N–H and O–H groups in total. The number of piperidine rings is 1. The van der Waals surface area contributed by atoms with Crippen LogP contribution in [0.25, 0.3) is 0 Å². The number of rotatable bonds is 3. The van der Waals surface area contributed by atoms with E-state index in [1.165, 1.54) is 12.1 Å². The van der Waals surface area contributed by atoms with Crippen LogP contribution in [0, 0.1) is 12.7 Å². The molecule has 1 aliphatic heterocycles. The molecule has 3 rings (SSSR count). The van der Waals surface area contributed by atoms with Gasteiger partial charge in [0.15, 0.2) is 0 Å². The van der Waals surface area contributed by atoms with Gasteiger partial charge in [0.1, 0.15) is 17.4 Å². The molecule has 6 heteroatoms. The molecule has 0 saturated carbocycles. The normalized spacial score (nSPS) is 17.6. The highest BCUT2D eigenvalue weighted by Gasteiger charge is 2.25. The number of aryl methyl sites for hydroxylation is 1. The van der Waals surface area contributed by atoms with Crippen LogP contribution in [-0.2, 0) is 4.79 Å². The second-order valence-electron chi connectivity index (χ2n) is 6.07. The fraction of sp³-hybridized carbons (Fsp3) is 0.389. The Bertz CT molecular complexity index is 734. The van der Waals surface area contributed by atoms with E-state index < -0.39 is 0 Å². The Hall–Kier alpha value is -2.50. The number of amides is 1. The van der Waals surface area contributed by atoms with Crippen molar-refractivity contribution < 1.29 is 13.9 Å². The first kappa shape index (κ1) is 16.4. The molecular formula is C18H20FN3O2. The van der Waals surface area contributed by atoms with Gasteiger partial charge in [-0.25, -0.2) is 9.37 Å². The Balaban J connectivity index is 1.80. The number of halogens is 1. The average molecular weight is 329 g/mol. The lowest BCUT2D eigenvalue weighted by Crippen LogP contribution is -2.38. The molecule has 5 nitrogen and oxygen atoms in total. The number of carbonyl (C=O) groups excluding carboxylic acids is 1. The predicted octanol–water partition coefficient (Wildman–Crippen LogP) is 3.44. The van der Waals surface area contributed by atoms with Gasteiger partial charge in [-0.2, -0.15) is 4.98 Å². The average Bonchev–Trinajstić information content (AvgIpc) is 2.56. The van der Waals surface area contributed by atoms with Crippen molar-refractivity contribution in [3.63, 3.8) is 0 Å². The number of benzene rings is 1. The molecule has 1 aromatic carbocycles. The van der Waals surface area contributed by atoms with Crippen molar-refractivity contribution in [3.8, 4) is 11.6 Å². The summed E-state index contributed by atoms with van der Waals surface area (Å²) in [5.74, 6) is 1.53. The van der Waals surface area contributed by atoms with E-state index in [1.54, 1.807) is 25.1 Å². The molecule has 24 heavy (non-hydrogen) atoms. The van der Waals surface area contributed by atoms with Crippen LogP contribution >= 0.6 is 0 Å². The molecule has 1 aromatic heterocycles. The van der Waals surface area contributed by atoms with Crippen LogP contribution in [0.3, 0.4) is 0 Å².